The van der Waals surface area contributed by atoms with Crippen molar-refractivity contribution < 1.29 is 14.6 Å². The molecule has 2 amide bonds. The zero-order valence-corrected chi connectivity index (χ0v) is 15.0. The molecule has 0 aliphatic heterocycles. The number of carbonyl (C=O) groups is 1. The number of amides is 2. The molecule has 0 aliphatic rings. The summed E-state index contributed by atoms with van der Waals surface area (Å²) < 4.78 is 5.67. The Morgan fingerprint density at radius 1 is 1.25 bits per heavy atom. The van der Waals surface area contributed by atoms with Crippen molar-refractivity contribution in [3.05, 3.63) is 52.2 Å². The van der Waals surface area contributed by atoms with Crippen molar-refractivity contribution in [2.75, 3.05) is 6.54 Å². The molecule has 3 N–H and O–H groups in total. The Bertz CT molecular complexity index is 643. The van der Waals surface area contributed by atoms with Crippen LogP contribution in [-0.2, 0) is 0 Å². The quantitative estimate of drug-likeness (QED) is 0.715. The Hall–Kier alpha value is -2.05. The zero-order chi connectivity index (χ0) is 17.5. The van der Waals surface area contributed by atoms with Crippen LogP contribution in [0.2, 0.25) is 0 Å². The van der Waals surface area contributed by atoms with Crippen molar-refractivity contribution in [2.24, 2.45) is 0 Å². The molecule has 5 nitrogen and oxygen atoms in total. The van der Waals surface area contributed by atoms with E-state index in [2.05, 4.69) is 10.6 Å². The molecule has 0 radical (unpaired) electrons. The number of nitrogens with one attached hydrogen (secondary N) is 2. The number of hydrogen-bond donors (Lipinski definition) is 3. The van der Waals surface area contributed by atoms with E-state index in [-0.39, 0.29) is 24.7 Å². The molecule has 130 valence electrons. The van der Waals surface area contributed by atoms with E-state index in [0.29, 0.717) is 0 Å². The second kappa shape index (κ2) is 8.70. The summed E-state index contributed by atoms with van der Waals surface area (Å²) in [5.74, 6) is 0.782. The van der Waals surface area contributed by atoms with E-state index in [1.165, 1.54) is 11.3 Å². The van der Waals surface area contributed by atoms with Crippen molar-refractivity contribution >= 4 is 17.4 Å². The van der Waals surface area contributed by atoms with Gasteiger partial charge in [-0.1, -0.05) is 18.2 Å². The van der Waals surface area contributed by atoms with Crippen LogP contribution in [0.5, 0.6) is 5.75 Å². The van der Waals surface area contributed by atoms with E-state index < -0.39 is 6.10 Å². The highest BCUT2D eigenvalue weighted by molar-refractivity contribution is 7.10. The molecule has 0 spiro atoms. The van der Waals surface area contributed by atoms with Crippen molar-refractivity contribution in [3.8, 4) is 5.75 Å². The fourth-order valence-electron chi connectivity index (χ4n) is 2.23. The molecular formula is C18H24N2O3S. The van der Waals surface area contributed by atoms with Crippen molar-refractivity contribution in [1.29, 1.82) is 0 Å². The van der Waals surface area contributed by atoms with E-state index in [1.54, 1.807) is 0 Å². The predicted molar refractivity (Wildman–Crippen MR) is 96.4 cm³/mol. The van der Waals surface area contributed by atoms with E-state index in [4.69, 9.17) is 4.74 Å². The van der Waals surface area contributed by atoms with Crippen LogP contribution in [0.4, 0.5) is 4.79 Å². The topological polar surface area (TPSA) is 70.6 Å². The third-order valence-electron chi connectivity index (χ3n) is 3.41. The standard InChI is InChI=1S/C18H24N2O3S/c1-12(2)23-15-7-4-6-14(10-15)13(3)20-18(22)19-11-16(21)17-8-5-9-24-17/h4-10,12-13,16,21H,11H2,1-3H3,(H2,19,20,22). The number of thiophene rings is 1. The van der Waals surface area contributed by atoms with Crippen LogP contribution >= 0.6 is 11.3 Å². The van der Waals surface area contributed by atoms with Gasteiger partial charge in [0.1, 0.15) is 11.9 Å². The Labute approximate surface area is 146 Å². The van der Waals surface area contributed by atoms with Gasteiger partial charge in [0.15, 0.2) is 0 Å². The lowest BCUT2D eigenvalue weighted by molar-refractivity contribution is 0.176. The van der Waals surface area contributed by atoms with Gasteiger partial charge in [0, 0.05) is 4.88 Å². The van der Waals surface area contributed by atoms with Crippen LogP contribution in [0.3, 0.4) is 0 Å². The van der Waals surface area contributed by atoms with Gasteiger partial charge in [-0.15, -0.1) is 11.3 Å². The maximum Gasteiger partial charge on any atom is 0.315 e. The highest BCUT2D eigenvalue weighted by Gasteiger charge is 2.13. The molecule has 2 unspecified atom stereocenters. The average molecular weight is 348 g/mol. The van der Waals surface area contributed by atoms with Gasteiger partial charge < -0.3 is 20.5 Å². The summed E-state index contributed by atoms with van der Waals surface area (Å²) in [5, 5.41) is 17.4. The summed E-state index contributed by atoms with van der Waals surface area (Å²) in [4.78, 5) is 12.8. The highest BCUT2D eigenvalue weighted by Crippen LogP contribution is 2.20. The molecule has 24 heavy (non-hydrogen) atoms. The second-order valence-electron chi connectivity index (χ2n) is 5.85. The van der Waals surface area contributed by atoms with Crippen LogP contribution in [0.25, 0.3) is 0 Å². The minimum absolute atomic E-state index is 0.102. The molecular weight excluding hydrogens is 324 g/mol. The van der Waals surface area contributed by atoms with E-state index in [1.807, 2.05) is 62.5 Å². The first-order valence-electron chi connectivity index (χ1n) is 7.98. The molecule has 2 atom stereocenters. The van der Waals surface area contributed by atoms with E-state index in [9.17, 15) is 9.90 Å². The molecule has 1 aromatic heterocycles. The van der Waals surface area contributed by atoms with E-state index >= 15 is 0 Å². The monoisotopic (exact) mass is 348 g/mol. The smallest absolute Gasteiger partial charge is 0.315 e. The van der Waals surface area contributed by atoms with Crippen molar-refractivity contribution in [1.82, 2.24) is 10.6 Å². The first kappa shape index (κ1) is 18.3. The normalized spacial score (nSPS) is 13.4. The average Bonchev–Trinajstić information content (AvgIpc) is 3.06. The summed E-state index contributed by atoms with van der Waals surface area (Å²) in [5.41, 5.74) is 0.960. The van der Waals surface area contributed by atoms with Crippen LogP contribution in [0.1, 0.15) is 43.4 Å². The van der Waals surface area contributed by atoms with Crippen LogP contribution in [0, 0.1) is 0 Å². The first-order chi connectivity index (χ1) is 11.5. The Kier molecular flexibility index (Phi) is 6.63. The minimum Gasteiger partial charge on any atom is -0.491 e. The van der Waals surface area contributed by atoms with Gasteiger partial charge in [-0.3, -0.25) is 0 Å². The molecule has 0 fully saturated rings. The maximum absolute atomic E-state index is 12.0. The summed E-state index contributed by atoms with van der Waals surface area (Å²) in [6.07, 6.45) is -0.584. The fraction of sp³-hybridized carbons (Fsp3) is 0.389. The third-order valence-corrected chi connectivity index (χ3v) is 4.38. The van der Waals surface area contributed by atoms with Gasteiger partial charge in [0.2, 0.25) is 0 Å². The molecule has 0 bridgehead atoms. The number of ether oxygens (including phenoxy) is 1. The second-order valence-corrected chi connectivity index (χ2v) is 6.83. The fourth-order valence-corrected chi connectivity index (χ4v) is 2.94. The number of urea groups is 1. The van der Waals surface area contributed by atoms with Crippen molar-refractivity contribution in [3.63, 3.8) is 0 Å². The highest BCUT2D eigenvalue weighted by atomic mass is 32.1. The lowest BCUT2D eigenvalue weighted by Gasteiger charge is -2.18. The summed E-state index contributed by atoms with van der Waals surface area (Å²) >= 11 is 1.46. The van der Waals surface area contributed by atoms with Gasteiger partial charge in [-0.25, -0.2) is 4.79 Å². The number of hydrogen-bond acceptors (Lipinski definition) is 4. The molecule has 2 aromatic rings. The van der Waals surface area contributed by atoms with Crippen LogP contribution in [-0.4, -0.2) is 23.8 Å². The van der Waals surface area contributed by atoms with Crippen molar-refractivity contribution in [2.45, 2.75) is 39.0 Å². The minimum atomic E-state index is -0.686. The molecule has 2 rings (SSSR count). The lowest BCUT2D eigenvalue weighted by Crippen LogP contribution is -2.39. The van der Waals surface area contributed by atoms with Gasteiger partial charge in [-0.05, 0) is 49.9 Å². The van der Waals surface area contributed by atoms with Gasteiger partial charge in [0.05, 0.1) is 18.7 Å². The summed E-state index contributed by atoms with van der Waals surface area (Å²) in [7, 11) is 0. The lowest BCUT2D eigenvalue weighted by atomic mass is 10.1. The molecule has 0 saturated heterocycles. The summed E-state index contributed by atoms with van der Waals surface area (Å²) in [6.45, 7) is 6.03. The van der Waals surface area contributed by atoms with E-state index in [0.717, 1.165) is 16.2 Å². The molecule has 1 heterocycles. The molecule has 1 aromatic carbocycles. The first-order valence-corrected chi connectivity index (χ1v) is 8.86. The number of carbonyl (C=O) groups excluding carboxylic acids is 1. The Morgan fingerprint density at radius 3 is 2.71 bits per heavy atom. The van der Waals surface area contributed by atoms with Gasteiger partial charge >= 0.3 is 6.03 Å². The maximum atomic E-state index is 12.0. The Morgan fingerprint density at radius 2 is 2.04 bits per heavy atom. The molecule has 6 heteroatoms. The SMILES string of the molecule is CC(C)Oc1cccc(C(C)NC(=O)NCC(O)c2cccs2)c1. The van der Waals surface area contributed by atoms with Gasteiger partial charge in [0.25, 0.3) is 0 Å². The number of rotatable bonds is 7. The van der Waals surface area contributed by atoms with Crippen LogP contribution in [0.15, 0.2) is 41.8 Å². The molecule has 0 aliphatic carbocycles. The number of aliphatic hydroxyl groups excluding tert-OH is 1. The largest absolute Gasteiger partial charge is 0.491 e. The predicted octanol–water partition coefficient (Wildman–Crippen LogP) is 3.63. The Balaban J connectivity index is 1.85. The zero-order valence-electron chi connectivity index (χ0n) is 14.2. The van der Waals surface area contributed by atoms with Gasteiger partial charge in [-0.2, -0.15) is 0 Å². The number of aliphatic hydroxyl groups is 1. The summed E-state index contributed by atoms with van der Waals surface area (Å²) in [6, 6.07) is 10.9. The molecule has 0 saturated carbocycles. The third kappa shape index (κ3) is 5.54. The van der Waals surface area contributed by atoms with Crippen LogP contribution < -0.4 is 15.4 Å². The number of benzene rings is 1.